The number of nitrogen functional groups attached to an aromatic ring is 1. The van der Waals surface area contributed by atoms with Gasteiger partial charge in [-0.15, -0.1) is 0 Å². The maximum Gasteiger partial charge on any atom is 0.292 e. The molecule has 110 valence electrons. The van der Waals surface area contributed by atoms with Crippen LogP contribution in [-0.4, -0.2) is 21.8 Å². The first-order chi connectivity index (χ1) is 10.0. The lowest BCUT2D eigenvalue weighted by molar-refractivity contribution is 0.0695. The molecule has 1 saturated carbocycles. The number of aromatic nitrogens is 1. The van der Waals surface area contributed by atoms with Crippen LogP contribution in [0.1, 0.15) is 40.5 Å². The van der Waals surface area contributed by atoms with Gasteiger partial charge in [-0.2, -0.15) is 0 Å². The van der Waals surface area contributed by atoms with E-state index >= 15 is 0 Å². The predicted molar refractivity (Wildman–Crippen MR) is 79.7 cm³/mol. The quantitative estimate of drug-likeness (QED) is 0.877. The van der Waals surface area contributed by atoms with Crippen LogP contribution in [0.5, 0.6) is 0 Å². The van der Waals surface area contributed by atoms with E-state index in [1.54, 1.807) is 13.8 Å². The second-order valence-corrected chi connectivity index (χ2v) is 5.55. The second-order valence-electron chi connectivity index (χ2n) is 5.55. The first-order valence-electron chi connectivity index (χ1n) is 7.14. The molecule has 1 heterocycles. The fourth-order valence-electron chi connectivity index (χ4n) is 2.43. The highest BCUT2D eigenvalue weighted by Crippen LogP contribution is 2.30. The van der Waals surface area contributed by atoms with E-state index in [4.69, 9.17) is 10.2 Å². The van der Waals surface area contributed by atoms with Gasteiger partial charge in [0.2, 0.25) is 5.76 Å². The average Bonchev–Trinajstić information content (AvgIpc) is 3.22. The van der Waals surface area contributed by atoms with Gasteiger partial charge in [0.1, 0.15) is 0 Å². The van der Waals surface area contributed by atoms with E-state index in [2.05, 4.69) is 4.98 Å². The topological polar surface area (TPSA) is 72.4 Å². The Morgan fingerprint density at radius 2 is 2.00 bits per heavy atom. The number of benzene rings is 1. The molecule has 2 N–H and O–H groups in total. The molecule has 1 aliphatic rings. The maximum absolute atomic E-state index is 12.7. The van der Waals surface area contributed by atoms with Crippen LogP contribution in [0.2, 0.25) is 0 Å². The molecule has 5 nitrogen and oxygen atoms in total. The largest absolute Gasteiger partial charge is 0.436 e. The Morgan fingerprint density at radius 3 is 2.52 bits per heavy atom. The SMILES string of the molecule is Cc1nc(C)c(C(=O)N(Cc2ccc(N)cc2)C2CC2)o1. The highest BCUT2D eigenvalue weighted by molar-refractivity contribution is 5.92. The third-order valence-electron chi connectivity index (χ3n) is 3.68. The number of amides is 1. The van der Waals surface area contributed by atoms with Gasteiger partial charge in [0.25, 0.3) is 5.91 Å². The predicted octanol–water partition coefficient (Wildman–Crippen LogP) is 2.68. The number of nitrogens with zero attached hydrogens (tertiary/aromatic N) is 2. The number of carbonyl (C=O) groups excluding carboxylic acids is 1. The molecule has 1 fully saturated rings. The van der Waals surface area contributed by atoms with Crippen molar-refractivity contribution >= 4 is 11.6 Å². The van der Waals surface area contributed by atoms with Gasteiger partial charge < -0.3 is 15.1 Å². The number of nitrogens with two attached hydrogens (primary N) is 1. The summed E-state index contributed by atoms with van der Waals surface area (Å²) in [6.45, 7) is 4.13. The van der Waals surface area contributed by atoms with Crippen LogP contribution in [0.4, 0.5) is 5.69 Å². The highest BCUT2D eigenvalue weighted by Gasteiger charge is 2.35. The fourth-order valence-corrected chi connectivity index (χ4v) is 2.43. The Labute approximate surface area is 123 Å². The van der Waals surface area contributed by atoms with E-state index < -0.39 is 0 Å². The number of rotatable bonds is 4. The number of hydrogen-bond acceptors (Lipinski definition) is 4. The summed E-state index contributed by atoms with van der Waals surface area (Å²) in [5.74, 6) is 0.807. The van der Waals surface area contributed by atoms with Crippen molar-refractivity contribution in [2.24, 2.45) is 0 Å². The number of aryl methyl sites for hydroxylation is 2. The van der Waals surface area contributed by atoms with E-state index in [9.17, 15) is 4.79 Å². The lowest BCUT2D eigenvalue weighted by atomic mass is 10.2. The van der Waals surface area contributed by atoms with E-state index in [0.717, 1.165) is 24.1 Å². The second kappa shape index (κ2) is 5.24. The number of oxazole rings is 1. The van der Waals surface area contributed by atoms with Crippen molar-refractivity contribution in [2.45, 2.75) is 39.3 Å². The van der Waals surface area contributed by atoms with Crippen molar-refractivity contribution in [1.82, 2.24) is 9.88 Å². The minimum atomic E-state index is -0.0765. The normalized spacial score (nSPS) is 14.2. The van der Waals surface area contributed by atoms with Gasteiger partial charge in [-0.3, -0.25) is 4.79 Å². The summed E-state index contributed by atoms with van der Waals surface area (Å²) >= 11 is 0. The van der Waals surface area contributed by atoms with Crippen LogP contribution in [0.3, 0.4) is 0 Å². The molecule has 0 atom stereocenters. The standard InChI is InChI=1S/C16H19N3O2/c1-10-15(21-11(2)18-10)16(20)19(14-7-8-14)9-12-3-5-13(17)6-4-12/h3-6,14H,7-9,17H2,1-2H3. The van der Waals surface area contributed by atoms with E-state index in [0.29, 0.717) is 29.9 Å². The van der Waals surface area contributed by atoms with Gasteiger partial charge in [-0.1, -0.05) is 12.1 Å². The molecule has 5 heteroatoms. The smallest absolute Gasteiger partial charge is 0.292 e. The van der Waals surface area contributed by atoms with Crippen molar-refractivity contribution in [1.29, 1.82) is 0 Å². The zero-order chi connectivity index (χ0) is 15.0. The van der Waals surface area contributed by atoms with Gasteiger partial charge in [0.15, 0.2) is 5.89 Å². The first-order valence-corrected chi connectivity index (χ1v) is 7.14. The Morgan fingerprint density at radius 1 is 1.33 bits per heavy atom. The van der Waals surface area contributed by atoms with E-state index in [-0.39, 0.29) is 5.91 Å². The molecular weight excluding hydrogens is 266 g/mol. The van der Waals surface area contributed by atoms with E-state index in [1.165, 1.54) is 0 Å². The van der Waals surface area contributed by atoms with Crippen molar-refractivity contribution < 1.29 is 9.21 Å². The molecule has 0 radical (unpaired) electrons. The van der Waals surface area contributed by atoms with E-state index in [1.807, 2.05) is 29.2 Å². The van der Waals surface area contributed by atoms with Gasteiger partial charge in [0, 0.05) is 25.2 Å². The summed E-state index contributed by atoms with van der Waals surface area (Å²) in [7, 11) is 0. The average molecular weight is 285 g/mol. The van der Waals surface area contributed by atoms with Gasteiger partial charge >= 0.3 is 0 Å². The Kier molecular flexibility index (Phi) is 3.41. The molecule has 0 saturated heterocycles. The molecule has 1 aromatic heterocycles. The summed E-state index contributed by atoms with van der Waals surface area (Å²) in [5.41, 5.74) is 8.15. The molecule has 0 spiro atoms. The molecule has 0 aliphatic heterocycles. The summed E-state index contributed by atoms with van der Waals surface area (Å²) in [6.07, 6.45) is 2.10. The van der Waals surface area contributed by atoms with Crippen molar-refractivity contribution in [3.8, 4) is 0 Å². The summed E-state index contributed by atoms with van der Waals surface area (Å²) in [5, 5.41) is 0. The number of carbonyl (C=O) groups is 1. The fraction of sp³-hybridized carbons (Fsp3) is 0.375. The van der Waals surface area contributed by atoms with Gasteiger partial charge in [0.05, 0.1) is 5.69 Å². The van der Waals surface area contributed by atoms with Crippen molar-refractivity contribution in [2.75, 3.05) is 5.73 Å². The van der Waals surface area contributed by atoms with Crippen LogP contribution < -0.4 is 5.73 Å². The van der Waals surface area contributed by atoms with Gasteiger partial charge in [-0.25, -0.2) is 4.98 Å². The Balaban J connectivity index is 1.83. The van der Waals surface area contributed by atoms with Crippen molar-refractivity contribution in [3.63, 3.8) is 0 Å². The van der Waals surface area contributed by atoms with Crippen LogP contribution in [0.25, 0.3) is 0 Å². The molecule has 1 amide bonds. The Bertz CT molecular complexity index is 657. The van der Waals surface area contributed by atoms with Gasteiger partial charge in [-0.05, 0) is 37.5 Å². The molecule has 1 aromatic carbocycles. The Hall–Kier alpha value is -2.30. The lowest BCUT2D eigenvalue weighted by Crippen LogP contribution is -2.32. The zero-order valence-corrected chi connectivity index (χ0v) is 12.3. The summed E-state index contributed by atoms with van der Waals surface area (Å²) in [6, 6.07) is 7.93. The zero-order valence-electron chi connectivity index (χ0n) is 12.3. The highest BCUT2D eigenvalue weighted by atomic mass is 16.4. The third-order valence-corrected chi connectivity index (χ3v) is 3.68. The molecular formula is C16H19N3O2. The maximum atomic E-state index is 12.7. The molecule has 21 heavy (non-hydrogen) atoms. The van der Waals surface area contributed by atoms with Crippen LogP contribution in [0.15, 0.2) is 28.7 Å². The summed E-state index contributed by atoms with van der Waals surface area (Å²) < 4.78 is 5.47. The number of hydrogen-bond donors (Lipinski definition) is 1. The third kappa shape index (κ3) is 2.91. The van der Waals surface area contributed by atoms with Crippen LogP contribution in [-0.2, 0) is 6.54 Å². The molecule has 1 aliphatic carbocycles. The molecule has 2 aromatic rings. The minimum absolute atomic E-state index is 0.0765. The van der Waals surface area contributed by atoms with Crippen LogP contribution in [0, 0.1) is 13.8 Å². The minimum Gasteiger partial charge on any atom is -0.436 e. The lowest BCUT2D eigenvalue weighted by Gasteiger charge is -2.21. The number of anilines is 1. The monoisotopic (exact) mass is 285 g/mol. The first kappa shape index (κ1) is 13.7. The molecule has 0 unspecified atom stereocenters. The molecule has 0 bridgehead atoms. The molecule has 3 rings (SSSR count). The summed E-state index contributed by atoms with van der Waals surface area (Å²) in [4.78, 5) is 18.8. The van der Waals surface area contributed by atoms with Crippen molar-refractivity contribution in [3.05, 3.63) is 47.2 Å². The van der Waals surface area contributed by atoms with Crippen LogP contribution >= 0.6 is 0 Å².